The third-order valence-corrected chi connectivity index (χ3v) is 4.25. The van der Waals surface area contributed by atoms with Crippen LogP contribution < -0.4 is 0 Å². The van der Waals surface area contributed by atoms with Gasteiger partial charge < -0.3 is 9.80 Å². The lowest BCUT2D eigenvalue weighted by molar-refractivity contribution is -0.152. The molecule has 5 nitrogen and oxygen atoms in total. The first-order valence-electron chi connectivity index (χ1n) is 6.93. The van der Waals surface area contributed by atoms with Crippen LogP contribution in [0.3, 0.4) is 0 Å². The first-order valence-corrected chi connectivity index (χ1v) is 7.31. The zero-order valence-corrected chi connectivity index (χ0v) is 12.2. The number of hydrogen-bond donors (Lipinski definition) is 0. The fourth-order valence-electron chi connectivity index (χ4n) is 2.90. The molecule has 2 heterocycles. The SMILES string of the molecule is O=C(CN1CC(=O)N2CCCC2C1=O)c1ccc(Cl)cc1. The van der Waals surface area contributed by atoms with Crippen molar-refractivity contribution in [1.82, 2.24) is 9.80 Å². The molecule has 6 heteroatoms. The van der Waals surface area contributed by atoms with E-state index in [1.807, 2.05) is 0 Å². The Balaban J connectivity index is 1.72. The van der Waals surface area contributed by atoms with Crippen LogP contribution >= 0.6 is 11.6 Å². The quantitative estimate of drug-likeness (QED) is 0.792. The summed E-state index contributed by atoms with van der Waals surface area (Å²) in [6.07, 6.45) is 1.54. The summed E-state index contributed by atoms with van der Waals surface area (Å²) < 4.78 is 0. The summed E-state index contributed by atoms with van der Waals surface area (Å²) in [5, 5.41) is 0.553. The van der Waals surface area contributed by atoms with Gasteiger partial charge in [0, 0.05) is 17.1 Å². The Morgan fingerprint density at radius 1 is 1.24 bits per heavy atom. The summed E-state index contributed by atoms with van der Waals surface area (Å²) in [4.78, 5) is 39.5. The first-order chi connectivity index (χ1) is 10.1. The molecule has 2 saturated heterocycles. The third-order valence-electron chi connectivity index (χ3n) is 4.00. The van der Waals surface area contributed by atoms with Gasteiger partial charge >= 0.3 is 0 Å². The molecule has 0 aromatic heterocycles. The largest absolute Gasteiger partial charge is 0.329 e. The highest BCUT2D eigenvalue weighted by Crippen LogP contribution is 2.23. The summed E-state index contributed by atoms with van der Waals surface area (Å²) >= 11 is 5.79. The zero-order valence-electron chi connectivity index (χ0n) is 11.4. The Morgan fingerprint density at radius 3 is 2.67 bits per heavy atom. The van der Waals surface area contributed by atoms with E-state index in [1.54, 1.807) is 29.2 Å². The minimum atomic E-state index is -0.371. The molecule has 2 aliphatic rings. The highest BCUT2D eigenvalue weighted by atomic mass is 35.5. The van der Waals surface area contributed by atoms with Crippen molar-refractivity contribution < 1.29 is 14.4 Å². The average Bonchev–Trinajstić information content (AvgIpc) is 2.95. The number of piperazine rings is 1. The van der Waals surface area contributed by atoms with E-state index in [1.165, 1.54) is 4.90 Å². The van der Waals surface area contributed by atoms with Gasteiger partial charge in [0.05, 0.1) is 6.54 Å². The van der Waals surface area contributed by atoms with E-state index in [4.69, 9.17) is 11.6 Å². The number of fused-ring (bicyclic) bond motifs is 1. The van der Waals surface area contributed by atoms with Crippen molar-refractivity contribution >= 4 is 29.2 Å². The number of halogens is 1. The minimum Gasteiger partial charge on any atom is -0.329 e. The smallest absolute Gasteiger partial charge is 0.246 e. The molecular formula is C15H15ClN2O3. The second kappa shape index (κ2) is 5.48. The minimum absolute atomic E-state index is 0.00529. The predicted octanol–water partition coefficient (Wildman–Crippen LogP) is 1.36. The van der Waals surface area contributed by atoms with Crippen molar-refractivity contribution in [3.8, 4) is 0 Å². The molecule has 0 spiro atoms. The molecule has 1 unspecified atom stereocenters. The lowest BCUT2D eigenvalue weighted by Crippen LogP contribution is -2.58. The maximum Gasteiger partial charge on any atom is 0.246 e. The van der Waals surface area contributed by atoms with E-state index < -0.39 is 0 Å². The van der Waals surface area contributed by atoms with Gasteiger partial charge in [-0.3, -0.25) is 14.4 Å². The Morgan fingerprint density at radius 2 is 1.95 bits per heavy atom. The highest BCUT2D eigenvalue weighted by Gasteiger charge is 2.42. The van der Waals surface area contributed by atoms with Gasteiger partial charge in [0.25, 0.3) is 0 Å². The number of rotatable bonds is 3. The molecule has 0 saturated carbocycles. The number of Topliss-reactive ketones (excluding diaryl/α,β-unsaturated/α-hetero) is 1. The summed E-state index contributed by atoms with van der Waals surface area (Å²) in [5.74, 6) is -0.366. The molecule has 1 atom stereocenters. The second-order valence-corrected chi connectivity index (χ2v) is 5.81. The fourth-order valence-corrected chi connectivity index (χ4v) is 3.02. The number of carbonyl (C=O) groups is 3. The molecule has 2 amide bonds. The van der Waals surface area contributed by atoms with E-state index in [-0.39, 0.29) is 36.7 Å². The molecule has 21 heavy (non-hydrogen) atoms. The average molecular weight is 307 g/mol. The molecule has 110 valence electrons. The Bertz CT molecular complexity index is 599. The first kappa shape index (κ1) is 14.1. The summed E-state index contributed by atoms with van der Waals surface area (Å²) in [5.41, 5.74) is 0.494. The van der Waals surface area contributed by atoms with E-state index >= 15 is 0 Å². The van der Waals surface area contributed by atoms with Crippen LogP contribution in [-0.4, -0.2) is 53.1 Å². The molecule has 2 fully saturated rings. The van der Waals surface area contributed by atoms with E-state index in [2.05, 4.69) is 0 Å². The van der Waals surface area contributed by atoms with E-state index in [0.29, 0.717) is 23.6 Å². The molecular weight excluding hydrogens is 292 g/mol. The van der Waals surface area contributed by atoms with Gasteiger partial charge in [-0.25, -0.2) is 0 Å². The number of hydrogen-bond acceptors (Lipinski definition) is 3. The van der Waals surface area contributed by atoms with Crippen molar-refractivity contribution in [1.29, 1.82) is 0 Å². The molecule has 0 bridgehead atoms. The van der Waals surface area contributed by atoms with Crippen molar-refractivity contribution in [3.63, 3.8) is 0 Å². The van der Waals surface area contributed by atoms with Crippen LogP contribution in [0.15, 0.2) is 24.3 Å². The Labute approximate surface area is 127 Å². The van der Waals surface area contributed by atoms with Crippen molar-refractivity contribution in [3.05, 3.63) is 34.9 Å². The molecule has 0 N–H and O–H groups in total. The topological polar surface area (TPSA) is 57.7 Å². The van der Waals surface area contributed by atoms with Crippen molar-refractivity contribution in [2.75, 3.05) is 19.6 Å². The zero-order chi connectivity index (χ0) is 15.0. The number of amides is 2. The van der Waals surface area contributed by atoms with Gasteiger partial charge in [-0.2, -0.15) is 0 Å². The van der Waals surface area contributed by atoms with Gasteiger partial charge in [0.2, 0.25) is 11.8 Å². The lowest BCUT2D eigenvalue weighted by atomic mass is 10.1. The van der Waals surface area contributed by atoms with Crippen LogP contribution in [0, 0.1) is 0 Å². The molecule has 3 rings (SSSR count). The van der Waals surface area contributed by atoms with Gasteiger partial charge in [-0.15, -0.1) is 0 Å². The number of carbonyl (C=O) groups excluding carboxylic acids is 3. The maximum atomic E-state index is 12.3. The molecule has 2 aliphatic heterocycles. The monoisotopic (exact) mass is 306 g/mol. The van der Waals surface area contributed by atoms with E-state index in [0.717, 1.165) is 6.42 Å². The van der Waals surface area contributed by atoms with Crippen molar-refractivity contribution in [2.45, 2.75) is 18.9 Å². The molecule has 0 radical (unpaired) electrons. The van der Waals surface area contributed by atoms with Gasteiger partial charge in [-0.05, 0) is 37.1 Å². The number of ketones is 1. The van der Waals surface area contributed by atoms with E-state index in [9.17, 15) is 14.4 Å². The summed E-state index contributed by atoms with van der Waals surface area (Å²) in [7, 11) is 0. The maximum absolute atomic E-state index is 12.3. The number of benzene rings is 1. The van der Waals surface area contributed by atoms with Crippen LogP contribution in [0.5, 0.6) is 0 Å². The third kappa shape index (κ3) is 2.65. The summed E-state index contributed by atoms with van der Waals surface area (Å²) in [6, 6.07) is 6.16. The summed E-state index contributed by atoms with van der Waals surface area (Å²) in [6.45, 7) is 0.583. The molecule has 1 aromatic carbocycles. The van der Waals surface area contributed by atoms with Crippen LogP contribution in [0.2, 0.25) is 5.02 Å². The van der Waals surface area contributed by atoms with Gasteiger partial charge in [0.15, 0.2) is 5.78 Å². The lowest BCUT2D eigenvalue weighted by Gasteiger charge is -2.36. The van der Waals surface area contributed by atoms with Crippen molar-refractivity contribution in [2.24, 2.45) is 0 Å². The number of nitrogens with zero attached hydrogens (tertiary/aromatic N) is 2. The van der Waals surface area contributed by atoms with Crippen LogP contribution in [-0.2, 0) is 9.59 Å². The standard InChI is InChI=1S/C15H15ClN2O3/c16-11-5-3-10(4-6-11)13(19)8-17-9-14(20)18-7-1-2-12(18)15(17)21/h3-6,12H,1-2,7-9H2. The van der Waals surface area contributed by atoms with Crippen LogP contribution in [0.4, 0.5) is 0 Å². The Kier molecular flexibility index (Phi) is 3.68. The highest BCUT2D eigenvalue weighted by molar-refractivity contribution is 6.30. The Hall–Kier alpha value is -1.88. The fraction of sp³-hybridized carbons (Fsp3) is 0.400. The predicted molar refractivity (Wildman–Crippen MR) is 77.1 cm³/mol. The molecule has 0 aliphatic carbocycles. The van der Waals surface area contributed by atoms with Gasteiger partial charge in [-0.1, -0.05) is 11.6 Å². The molecule has 1 aromatic rings. The second-order valence-electron chi connectivity index (χ2n) is 5.37. The van der Waals surface area contributed by atoms with Crippen LogP contribution in [0.1, 0.15) is 23.2 Å². The van der Waals surface area contributed by atoms with Crippen LogP contribution in [0.25, 0.3) is 0 Å². The van der Waals surface area contributed by atoms with Gasteiger partial charge in [0.1, 0.15) is 12.6 Å². The normalized spacial score (nSPS) is 21.7.